The molecule has 2 aromatic heterocycles. The second-order valence-electron chi connectivity index (χ2n) is 7.24. The lowest BCUT2D eigenvalue weighted by Gasteiger charge is -2.21. The predicted molar refractivity (Wildman–Crippen MR) is 117 cm³/mol. The molecule has 2 aromatic carbocycles. The Morgan fingerprint density at radius 1 is 0.815 bits per heavy atom. The molecule has 134 valence electrons. The van der Waals surface area contributed by atoms with Crippen molar-refractivity contribution in [3.63, 3.8) is 0 Å². The molecule has 1 aliphatic carbocycles. The van der Waals surface area contributed by atoms with Crippen LogP contribution < -0.4 is 11.1 Å². The molecule has 0 unspecified atom stereocenters. The highest BCUT2D eigenvalue weighted by molar-refractivity contribution is 14.1. The van der Waals surface area contributed by atoms with Crippen molar-refractivity contribution in [1.82, 2.24) is 9.97 Å². The Bertz CT molecular complexity index is 1370. The van der Waals surface area contributed by atoms with Crippen molar-refractivity contribution in [3.8, 4) is 0 Å². The van der Waals surface area contributed by atoms with Crippen LogP contribution in [-0.2, 0) is 17.3 Å². The number of pyridine rings is 2. The van der Waals surface area contributed by atoms with Crippen LogP contribution in [0.3, 0.4) is 0 Å². The molecule has 0 radical (unpaired) electrons. The summed E-state index contributed by atoms with van der Waals surface area (Å²) in [6.45, 7) is 2.01. The lowest BCUT2D eigenvalue weighted by molar-refractivity contribution is 0.962. The molecule has 4 aromatic rings. The number of rotatable bonds is 1. The number of fused-ring (bicyclic) bond motifs is 6. The first kappa shape index (κ1) is 16.7. The number of alkyl halides is 1. The Morgan fingerprint density at radius 3 is 1.96 bits per heavy atom. The molecular formula is C22H17IN2O2. The first-order valence-electron chi connectivity index (χ1n) is 8.92. The quantitative estimate of drug-likeness (QED) is 0.287. The maximum atomic E-state index is 12.8. The Labute approximate surface area is 168 Å². The zero-order valence-corrected chi connectivity index (χ0v) is 16.9. The molecule has 0 saturated carbocycles. The van der Waals surface area contributed by atoms with Gasteiger partial charge in [0.2, 0.25) is 0 Å². The highest BCUT2D eigenvalue weighted by Gasteiger charge is 2.24. The van der Waals surface area contributed by atoms with E-state index in [0.29, 0.717) is 12.8 Å². The lowest BCUT2D eigenvalue weighted by Crippen LogP contribution is -2.26. The maximum absolute atomic E-state index is 12.8. The van der Waals surface area contributed by atoms with E-state index in [9.17, 15) is 9.59 Å². The third-order valence-electron chi connectivity index (χ3n) is 5.54. The van der Waals surface area contributed by atoms with Crippen LogP contribution in [0.25, 0.3) is 21.8 Å². The van der Waals surface area contributed by atoms with Gasteiger partial charge in [0.1, 0.15) is 0 Å². The van der Waals surface area contributed by atoms with E-state index < -0.39 is 0 Å². The Kier molecular flexibility index (Phi) is 3.75. The minimum Gasteiger partial charge on any atom is -0.322 e. The molecule has 0 fully saturated rings. The summed E-state index contributed by atoms with van der Waals surface area (Å²) in [4.78, 5) is 31.7. The minimum atomic E-state index is -0.0499. The van der Waals surface area contributed by atoms with Gasteiger partial charge in [0, 0.05) is 50.2 Å². The fourth-order valence-electron chi connectivity index (χ4n) is 4.19. The number of aryl methyl sites for hydroxylation is 1. The SMILES string of the molecule is Cc1ccc2c3c(c(=O)[nH]c2c1)Cc1c(c(=O)[nH]c2cc(CI)ccc12)C3. The van der Waals surface area contributed by atoms with Gasteiger partial charge in [-0.2, -0.15) is 0 Å². The lowest BCUT2D eigenvalue weighted by atomic mass is 9.83. The zero-order valence-electron chi connectivity index (χ0n) is 14.8. The highest BCUT2D eigenvalue weighted by Crippen LogP contribution is 2.32. The van der Waals surface area contributed by atoms with E-state index in [1.54, 1.807) is 0 Å². The first-order valence-corrected chi connectivity index (χ1v) is 10.4. The summed E-state index contributed by atoms with van der Waals surface area (Å²) >= 11 is 2.32. The van der Waals surface area contributed by atoms with Gasteiger partial charge in [-0.05, 0) is 41.3 Å². The molecule has 0 atom stereocenters. The zero-order chi connectivity index (χ0) is 18.7. The number of aromatic amines is 2. The van der Waals surface area contributed by atoms with Gasteiger partial charge in [0.25, 0.3) is 11.1 Å². The van der Waals surface area contributed by atoms with Crippen molar-refractivity contribution in [3.05, 3.63) is 90.5 Å². The molecule has 27 heavy (non-hydrogen) atoms. The number of halogens is 1. The molecule has 5 heteroatoms. The molecule has 0 saturated heterocycles. The van der Waals surface area contributed by atoms with E-state index in [1.807, 2.05) is 31.2 Å². The smallest absolute Gasteiger partial charge is 0.252 e. The number of hydrogen-bond donors (Lipinski definition) is 2. The van der Waals surface area contributed by atoms with E-state index in [-0.39, 0.29) is 11.1 Å². The molecule has 1 aliphatic rings. The van der Waals surface area contributed by atoms with E-state index in [2.05, 4.69) is 44.7 Å². The molecule has 5 rings (SSSR count). The average Bonchev–Trinajstić information content (AvgIpc) is 2.66. The normalized spacial score (nSPS) is 13.0. The fraction of sp³-hybridized carbons (Fsp3) is 0.182. The summed E-state index contributed by atoms with van der Waals surface area (Å²) < 4.78 is 0.890. The molecule has 0 amide bonds. The summed E-state index contributed by atoms with van der Waals surface area (Å²) in [5.74, 6) is 0. The van der Waals surface area contributed by atoms with Crippen LogP contribution in [0.4, 0.5) is 0 Å². The van der Waals surface area contributed by atoms with Gasteiger partial charge in [-0.1, -0.05) is 46.9 Å². The van der Waals surface area contributed by atoms with Gasteiger partial charge in [-0.25, -0.2) is 0 Å². The van der Waals surface area contributed by atoms with Gasteiger partial charge in [0.15, 0.2) is 0 Å². The van der Waals surface area contributed by atoms with Crippen LogP contribution in [0.5, 0.6) is 0 Å². The van der Waals surface area contributed by atoms with Crippen LogP contribution in [0.1, 0.15) is 33.4 Å². The minimum absolute atomic E-state index is 0.0469. The highest BCUT2D eigenvalue weighted by atomic mass is 127. The predicted octanol–water partition coefficient (Wildman–Crippen LogP) is 4.11. The second kappa shape index (κ2) is 6.05. The van der Waals surface area contributed by atoms with Crippen LogP contribution >= 0.6 is 22.6 Å². The summed E-state index contributed by atoms with van der Waals surface area (Å²) in [6, 6.07) is 12.3. The molecule has 2 heterocycles. The van der Waals surface area contributed by atoms with Crippen molar-refractivity contribution < 1.29 is 0 Å². The Morgan fingerprint density at radius 2 is 1.37 bits per heavy atom. The van der Waals surface area contributed by atoms with Gasteiger partial charge < -0.3 is 9.97 Å². The molecular weight excluding hydrogens is 451 g/mol. The monoisotopic (exact) mass is 468 g/mol. The van der Waals surface area contributed by atoms with Gasteiger partial charge in [0.05, 0.1) is 0 Å². The third kappa shape index (κ3) is 2.56. The largest absolute Gasteiger partial charge is 0.322 e. The van der Waals surface area contributed by atoms with E-state index in [1.165, 1.54) is 5.56 Å². The van der Waals surface area contributed by atoms with Crippen molar-refractivity contribution in [2.75, 3.05) is 0 Å². The summed E-state index contributed by atoms with van der Waals surface area (Å²) in [5.41, 5.74) is 7.40. The number of nitrogens with one attached hydrogen (secondary N) is 2. The van der Waals surface area contributed by atoms with Gasteiger partial charge in [-0.3, -0.25) is 9.59 Å². The van der Waals surface area contributed by atoms with Crippen molar-refractivity contribution in [1.29, 1.82) is 0 Å². The van der Waals surface area contributed by atoms with Crippen molar-refractivity contribution >= 4 is 44.4 Å². The number of aromatic nitrogens is 2. The van der Waals surface area contributed by atoms with Gasteiger partial charge in [-0.15, -0.1) is 0 Å². The first-order chi connectivity index (χ1) is 13.0. The number of hydrogen-bond acceptors (Lipinski definition) is 2. The molecule has 2 N–H and O–H groups in total. The van der Waals surface area contributed by atoms with Gasteiger partial charge >= 0.3 is 0 Å². The van der Waals surface area contributed by atoms with Crippen LogP contribution in [-0.4, -0.2) is 9.97 Å². The number of benzene rings is 2. The second-order valence-corrected chi connectivity index (χ2v) is 8.00. The summed E-state index contributed by atoms with van der Waals surface area (Å²) in [5, 5.41) is 2.06. The van der Waals surface area contributed by atoms with Crippen LogP contribution in [0, 0.1) is 6.92 Å². The topological polar surface area (TPSA) is 65.7 Å². The van der Waals surface area contributed by atoms with Crippen LogP contribution in [0.15, 0.2) is 46.0 Å². The molecule has 4 nitrogen and oxygen atoms in total. The number of H-pyrrole nitrogens is 2. The maximum Gasteiger partial charge on any atom is 0.252 e. The summed E-state index contributed by atoms with van der Waals surface area (Å²) in [7, 11) is 0. The average molecular weight is 468 g/mol. The van der Waals surface area contributed by atoms with Crippen molar-refractivity contribution in [2.45, 2.75) is 24.2 Å². The van der Waals surface area contributed by atoms with Crippen LogP contribution in [0.2, 0.25) is 0 Å². The fourth-order valence-corrected chi connectivity index (χ4v) is 4.67. The Hall–Kier alpha value is -2.41. The molecule has 0 spiro atoms. The van der Waals surface area contributed by atoms with Crippen molar-refractivity contribution in [2.24, 2.45) is 0 Å². The third-order valence-corrected chi connectivity index (χ3v) is 6.42. The van der Waals surface area contributed by atoms with E-state index in [0.717, 1.165) is 54.1 Å². The standard InChI is InChI=1S/C22H17IN2O2/c1-11-2-4-13-15-8-18-16(9-17(15)21(26)24-19(13)6-11)14-5-3-12(10-23)7-20(14)25-22(18)27/h2-7H,8-10H2,1H3,(H,24,26)(H,25,27). The molecule has 0 bridgehead atoms. The summed E-state index contributed by atoms with van der Waals surface area (Å²) in [6.07, 6.45) is 0.987. The van der Waals surface area contributed by atoms with E-state index >= 15 is 0 Å². The van der Waals surface area contributed by atoms with E-state index in [4.69, 9.17) is 0 Å². The Balaban J connectivity index is 1.80. The molecule has 0 aliphatic heterocycles.